The first-order chi connectivity index (χ1) is 18.3. The molecular weight excluding hydrogens is 456 g/mol. The summed E-state index contributed by atoms with van der Waals surface area (Å²) in [5, 5.41) is 5.81. The van der Waals surface area contributed by atoms with E-state index in [4.69, 9.17) is 14.7 Å². The van der Waals surface area contributed by atoms with Gasteiger partial charge < -0.3 is 15.0 Å². The zero-order valence-corrected chi connectivity index (χ0v) is 20.7. The van der Waals surface area contributed by atoms with Crippen LogP contribution >= 0.6 is 0 Å². The number of aromatic amines is 1. The number of ether oxygens (including phenoxy) is 1. The number of aromatic nitrogens is 3. The quantitative estimate of drug-likeness (QED) is 0.240. The molecule has 4 aromatic carbocycles. The van der Waals surface area contributed by atoms with Gasteiger partial charge in [0.25, 0.3) is 0 Å². The number of methoxy groups -OCH3 is 1. The van der Waals surface area contributed by atoms with Crippen LogP contribution in [0.25, 0.3) is 33.2 Å². The molecule has 6 rings (SSSR count). The van der Waals surface area contributed by atoms with Crippen LogP contribution in [0.3, 0.4) is 0 Å². The Bertz CT molecular complexity index is 1600. The third kappa shape index (κ3) is 4.69. The summed E-state index contributed by atoms with van der Waals surface area (Å²) in [5.74, 6) is 1.72. The van der Waals surface area contributed by atoms with Crippen LogP contribution in [0.5, 0.6) is 0 Å². The Balaban J connectivity index is 1.39. The van der Waals surface area contributed by atoms with Crippen molar-refractivity contribution in [2.24, 2.45) is 0 Å². The predicted molar refractivity (Wildman–Crippen MR) is 151 cm³/mol. The molecule has 0 bridgehead atoms. The second-order valence-electron chi connectivity index (χ2n) is 9.18. The van der Waals surface area contributed by atoms with Gasteiger partial charge >= 0.3 is 0 Å². The van der Waals surface area contributed by atoms with Crippen molar-refractivity contribution in [2.45, 2.75) is 12.5 Å². The number of hydrogen-bond acceptors (Lipinski definition) is 4. The van der Waals surface area contributed by atoms with Gasteiger partial charge in [-0.05, 0) is 41.5 Å². The lowest BCUT2D eigenvalue weighted by molar-refractivity contribution is 0.186. The van der Waals surface area contributed by atoms with Crippen LogP contribution in [0, 0.1) is 0 Å². The van der Waals surface area contributed by atoms with Crippen molar-refractivity contribution in [3.8, 4) is 11.4 Å². The second kappa shape index (κ2) is 10.2. The number of para-hydroxylation sites is 1. The predicted octanol–water partition coefficient (Wildman–Crippen LogP) is 7.17. The summed E-state index contributed by atoms with van der Waals surface area (Å²) < 4.78 is 5.38. The summed E-state index contributed by atoms with van der Waals surface area (Å²) in [6.07, 6.45) is 2.00. The Hall–Kier alpha value is -4.48. The number of anilines is 1. The molecule has 5 heteroatoms. The van der Waals surface area contributed by atoms with E-state index in [0.29, 0.717) is 19.0 Å². The van der Waals surface area contributed by atoms with Crippen molar-refractivity contribution in [1.29, 1.82) is 0 Å². The van der Waals surface area contributed by atoms with E-state index in [-0.39, 0.29) is 5.92 Å². The van der Waals surface area contributed by atoms with E-state index in [9.17, 15) is 0 Å². The molecule has 5 nitrogen and oxygen atoms in total. The standard InChI is InChI=1S/C32H28N4O/c1-37-21-25-19-33-29-17-16-24(18-27(25)29)31-35-30-15-9-8-14-26(30)32(36-31)34-20-28(22-10-4-2-5-11-22)23-12-6-3-7-13-23/h2-19,28,33H,20-21H2,1H3,(H,34,35,36). The van der Waals surface area contributed by atoms with Crippen molar-refractivity contribution < 1.29 is 4.74 Å². The van der Waals surface area contributed by atoms with Crippen LogP contribution < -0.4 is 5.32 Å². The molecule has 2 aromatic heterocycles. The van der Waals surface area contributed by atoms with Crippen LogP contribution in [0.15, 0.2) is 109 Å². The van der Waals surface area contributed by atoms with Crippen LogP contribution in [0.4, 0.5) is 5.82 Å². The second-order valence-corrected chi connectivity index (χ2v) is 9.18. The minimum absolute atomic E-state index is 0.187. The zero-order valence-electron chi connectivity index (χ0n) is 20.7. The number of H-pyrrole nitrogens is 1. The maximum Gasteiger partial charge on any atom is 0.162 e. The molecule has 0 aliphatic carbocycles. The first-order valence-electron chi connectivity index (χ1n) is 12.5. The third-order valence-electron chi connectivity index (χ3n) is 6.81. The fourth-order valence-corrected chi connectivity index (χ4v) is 4.93. The van der Waals surface area contributed by atoms with Gasteiger partial charge in [-0.15, -0.1) is 0 Å². The van der Waals surface area contributed by atoms with Crippen LogP contribution in [-0.2, 0) is 11.3 Å². The van der Waals surface area contributed by atoms with Gasteiger partial charge in [-0.2, -0.15) is 0 Å². The van der Waals surface area contributed by atoms with Gasteiger partial charge in [0.2, 0.25) is 0 Å². The third-order valence-corrected chi connectivity index (χ3v) is 6.81. The molecule has 0 radical (unpaired) electrons. The van der Waals surface area contributed by atoms with Crippen LogP contribution in [0.2, 0.25) is 0 Å². The van der Waals surface area contributed by atoms with E-state index in [0.717, 1.165) is 38.8 Å². The number of rotatable bonds is 8. The van der Waals surface area contributed by atoms with Gasteiger partial charge in [0, 0.05) is 53.2 Å². The highest BCUT2D eigenvalue weighted by molar-refractivity contribution is 5.92. The SMILES string of the molecule is COCc1c[nH]c2ccc(-c3nc(NCC(c4ccccc4)c4ccccc4)c4ccccc4n3)cc12. The first kappa shape index (κ1) is 23.0. The lowest BCUT2D eigenvalue weighted by atomic mass is 9.91. The molecule has 0 saturated heterocycles. The Morgan fingerprint density at radius 1 is 0.784 bits per heavy atom. The minimum Gasteiger partial charge on any atom is -0.380 e. The van der Waals surface area contributed by atoms with E-state index in [1.807, 2.05) is 24.4 Å². The monoisotopic (exact) mass is 484 g/mol. The van der Waals surface area contributed by atoms with E-state index < -0.39 is 0 Å². The van der Waals surface area contributed by atoms with Gasteiger partial charge in [0.1, 0.15) is 5.82 Å². The van der Waals surface area contributed by atoms with Crippen LogP contribution in [0.1, 0.15) is 22.6 Å². The molecule has 2 heterocycles. The lowest BCUT2D eigenvalue weighted by Crippen LogP contribution is -2.15. The zero-order chi connectivity index (χ0) is 25.0. The Kier molecular flexibility index (Phi) is 6.36. The van der Waals surface area contributed by atoms with Crippen molar-refractivity contribution in [3.05, 3.63) is 126 Å². The van der Waals surface area contributed by atoms with Crippen molar-refractivity contribution in [2.75, 3.05) is 19.0 Å². The molecule has 0 aliphatic heterocycles. The molecule has 0 spiro atoms. The van der Waals surface area contributed by atoms with E-state index in [1.54, 1.807) is 7.11 Å². The molecule has 0 fully saturated rings. The number of nitrogens with one attached hydrogen (secondary N) is 2. The van der Waals surface area contributed by atoms with Crippen molar-refractivity contribution in [3.63, 3.8) is 0 Å². The van der Waals surface area contributed by atoms with Crippen LogP contribution in [-0.4, -0.2) is 28.6 Å². The fourth-order valence-electron chi connectivity index (χ4n) is 4.93. The molecule has 0 atom stereocenters. The van der Waals surface area contributed by atoms with Gasteiger partial charge in [0.15, 0.2) is 5.82 Å². The van der Waals surface area contributed by atoms with Crippen molar-refractivity contribution in [1.82, 2.24) is 15.0 Å². The maximum atomic E-state index is 5.38. The largest absolute Gasteiger partial charge is 0.380 e. The van der Waals surface area contributed by atoms with Gasteiger partial charge in [0.05, 0.1) is 12.1 Å². The first-order valence-corrected chi connectivity index (χ1v) is 12.5. The van der Waals surface area contributed by atoms with Crippen molar-refractivity contribution >= 4 is 27.6 Å². The summed E-state index contributed by atoms with van der Waals surface area (Å²) in [4.78, 5) is 13.3. The lowest BCUT2D eigenvalue weighted by Gasteiger charge is -2.20. The highest BCUT2D eigenvalue weighted by Gasteiger charge is 2.16. The summed E-state index contributed by atoms with van der Waals surface area (Å²) in [5.41, 5.74) is 6.61. The molecular formula is C32H28N4O. The number of fused-ring (bicyclic) bond motifs is 2. The molecule has 0 saturated carbocycles. The summed E-state index contributed by atoms with van der Waals surface area (Å²) in [7, 11) is 1.71. The molecule has 0 amide bonds. The van der Waals surface area contributed by atoms with Gasteiger partial charge in [-0.1, -0.05) is 72.8 Å². The maximum absolute atomic E-state index is 5.38. The number of nitrogens with zero attached hydrogens (tertiary/aromatic N) is 2. The number of hydrogen-bond donors (Lipinski definition) is 2. The Morgan fingerprint density at radius 3 is 2.22 bits per heavy atom. The molecule has 0 aliphatic rings. The normalized spacial score (nSPS) is 11.4. The highest BCUT2D eigenvalue weighted by atomic mass is 16.5. The molecule has 0 unspecified atom stereocenters. The molecule has 2 N–H and O–H groups in total. The highest BCUT2D eigenvalue weighted by Crippen LogP contribution is 2.30. The van der Waals surface area contributed by atoms with Gasteiger partial charge in [-0.25, -0.2) is 9.97 Å². The Labute approximate surface area is 216 Å². The number of benzene rings is 4. The Morgan fingerprint density at radius 2 is 1.49 bits per heavy atom. The molecule has 182 valence electrons. The summed E-state index contributed by atoms with van der Waals surface area (Å²) >= 11 is 0. The van der Waals surface area contributed by atoms with Gasteiger partial charge in [-0.3, -0.25) is 0 Å². The fraction of sp³-hybridized carbons (Fsp3) is 0.125. The average Bonchev–Trinajstić information content (AvgIpc) is 3.36. The smallest absolute Gasteiger partial charge is 0.162 e. The van der Waals surface area contributed by atoms with E-state index in [2.05, 4.69) is 95.2 Å². The average molecular weight is 485 g/mol. The molecule has 6 aromatic rings. The topological polar surface area (TPSA) is 62.8 Å². The van der Waals surface area contributed by atoms with E-state index >= 15 is 0 Å². The molecule has 37 heavy (non-hydrogen) atoms. The summed E-state index contributed by atoms with van der Waals surface area (Å²) in [6, 6.07) is 35.7. The summed E-state index contributed by atoms with van der Waals surface area (Å²) in [6.45, 7) is 1.26. The minimum atomic E-state index is 0.187. The van der Waals surface area contributed by atoms with E-state index in [1.165, 1.54) is 11.1 Å².